The molecule has 2 heteroatoms. The van der Waals surface area contributed by atoms with Crippen LogP contribution in [0, 0.1) is 5.92 Å². The number of hydrogen-bond acceptors (Lipinski definition) is 2. The summed E-state index contributed by atoms with van der Waals surface area (Å²) in [5, 5.41) is 12.9. The third-order valence-electron chi connectivity index (χ3n) is 2.90. The number of hydrogen-bond donors (Lipinski definition) is 2. The standard InChI is InChI=1S/C10H21NO/c1-3-8(2)7-11-9-5-4-6-10(9)12/h8-12H,3-7H2,1-2H3/t8?,9-,10-/m1/s1. The number of aliphatic hydroxyl groups is 1. The van der Waals surface area contributed by atoms with Crippen LogP contribution in [0.15, 0.2) is 0 Å². The molecule has 1 fully saturated rings. The molecule has 0 aromatic heterocycles. The maximum atomic E-state index is 9.51. The van der Waals surface area contributed by atoms with Crippen molar-refractivity contribution in [3.63, 3.8) is 0 Å². The number of nitrogens with one attached hydrogen (secondary N) is 1. The van der Waals surface area contributed by atoms with Gasteiger partial charge in [0.15, 0.2) is 0 Å². The molecular weight excluding hydrogens is 150 g/mol. The first kappa shape index (κ1) is 10.0. The smallest absolute Gasteiger partial charge is 0.0693 e. The first-order valence-electron chi connectivity index (χ1n) is 5.15. The Morgan fingerprint density at radius 1 is 1.50 bits per heavy atom. The minimum absolute atomic E-state index is 0.0888. The molecular formula is C10H21NO. The number of rotatable bonds is 4. The molecule has 0 amide bonds. The van der Waals surface area contributed by atoms with Crippen LogP contribution in [0.3, 0.4) is 0 Å². The van der Waals surface area contributed by atoms with Gasteiger partial charge in [-0.3, -0.25) is 0 Å². The van der Waals surface area contributed by atoms with E-state index in [0.29, 0.717) is 6.04 Å². The van der Waals surface area contributed by atoms with Gasteiger partial charge < -0.3 is 10.4 Å². The van der Waals surface area contributed by atoms with Gasteiger partial charge in [-0.2, -0.15) is 0 Å². The van der Waals surface area contributed by atoms with E-state index in [1.807, 2.05) is 0 Å². The molecule has 0 spiro atoms. The molecule has 0 aromatic rings. The first-order valence-corrected chi connectivity index (χ1v) is 5.15. The van der Waals surface area contributed by atoms with Crippen LogP contribution < -0.4 is 5.32 Å². The Kier molecular flexibility index (Phi) is 4.02. The van der Waals surface area contributed by atoms with E-state index in [-0.39, 0.29) is 6.10 Å². The van der Waals surface area contributed by atoms with Gasteiger partial charge in [-0.1, -0.05) is 20.3 Å². The average Bonchev–Trinajstić information content (AvgIpc) is 2.47. The normalized spacial score (nSPS) is 32.2. The molecule has 0 aromatic carbocycles. The van der Waals surface area contributed by atoms with Gasteiger partial charge in [0.25, 0.3) is 0 Å². The van der Waals surface area contributed by atoms with Crippen molar-refractivity contribution in [3.8, 4) is 0 Å². The fraction of sp³-hybridized carbons (Fsp3) is 1.00. The largest absolute Gasteiger partial charge is 0.392 e. The van der Waals surface area contributed by atoms with Crippen LogP contribution >= 0.6 is 0 Å². The molecule has 1 rings (SSSR count). The summed E-state index contributed by atoms with van der Waals surface area (Å²) in [7, 11) is 0. The maximum absolute atomic E-state index is 9.51. The van der Waals surface area contributed by atoms with Crippen molar-refractivity contribution in [2.24, 2.45) is 5.92 Å². The van der Waals surface area contributed by atoms with Crippen LogP contribution in [-0.4, -0.2) is 23.8 Å². The summed E-state index contributed by atoms with van der Waals surface area (Å²) in [5.41, 5.74) is 0. The van der Waals surface area contributed by atoms with E-state index in [1.54, 1.807) is 0 Å². The highest BCUT2D eigenvalue weighted by Gasteiger charge is 2.24. The van der Waals surface area contributed by atoms with Gasteiger partial charge in [0.1, 0.15) is 0 Å². The maximum Gasteiger partial charge on any atom is 0.0693 e. The van der Waals surface area contributed by atoms with E-state index in [4.69, 9.17) is 0 Å². The van der Waals surface area contributed by atoms with Gasteiger partial charge in [-0.25, -0.2) is 0 Å². The topological polar surface area (TPSA) is 32.3 Å². The van der Waals surface area contributed by atoms with E-state index in [2.05, 4.69) is 19.2 Å². The van der Waals surface area contributed by atoms with Crippen LogP contribution in [0.2, 0.25) is 0 Å². The zero-order valence-electron chi connectivity index (χ0n) is 8.21. The Labute approximate surface area is 75.4 Å². The molecule has 3 atom stereocenters. The highest BCUT2D eigenvalue weighted by molar-refractivity contribution is 4.82. The van der Waals surface area contributed by atoms with Crippen LogP contribution in [0.4, 0.5) is 0 Å². The molecule has 0 bridgehead atoms. The fourth-order valence-electron chi connectivity index (χ4n) is 1.68. The zero-order chi connectivity index (χ0) is 8.97. The first-order chi connectivity index (χ1) is 5.74. The predicted octanol–water partition coefficient (Wildman–Crippen LogP) is 1.54. The van der Waals surface area contributed by atoms with Gasteiger partial charge in [0.05, 0.1) is 6.10 Å². The van der Waals surface area contributed by atoms with E-state index in [9.17, 15) is 5.11 Å². The third-order valence-corrected chi connectivity index (χ3v) is 2.90. The Balaban J connectivity index is 2.13. The predicted molar refractivity (Wildman–Crippen MR) is 51.1 cm³/mol. The molecule has 12 heavy (non-hydrogen) atoms. The summed E-state index contributed by atoms with van der Waals surface area (Å²) in [6.45, 7) is 5.50. The van der Waals surface area contributed by atoms with Gasteiger partial charge in [0, 0.05) is 6.04 Å². The fourth-order valence-corrected chi connectivity index (χ4v) is 1.68. The summed E-state index contributed by atoms with van der Waals surface area (Å²) in [5.74, 6) is 0.734. The lowest BCUT2D eigenvalue weighted by atomic mass is 10.1. The summed E-state index contributed by atoms with van der Waals surface area (Å²) in [4.78, 5) is 0. The van der Waals surface area contributed by atoms with Crippen LogP contribution in [0.25, 0.3) is 0 Å². The minimum atomic E-state index is -0.0888. The Hall–Kier alpha value is -0.0800. The highest BCUT2D eigenvalue weighted by atomic mass is 16.3. The highest BCUT2D eigenvalue weighted by Crippen LogP contribution is 2.18. The minimum Gasteiger partial charge on any atom is -0.392 e. The molecule has 0 saturated heterocycles. The van der Waals surface area contributed by atoms with Crippen molar-refractivity contribution in [2.45, 2.75) is 51.7 Å². The van der Waals surface area contributed by atoms with Gasteiger partial charge in [0.2, 0.25) is 0 Å². The zero-order valence-corrected chi connectivity index (χ0v) is 8.21. The van der Waals surface area contributed by atoms with E-state index in [0.717, 1.165) is 25.3 Å². The van der Waals surface area contributed by atoms with Crippen molar-refractivity contribution in [3.05, 3.63) is 0 Å². The molecule has 72 valence electrons. The molecule has 2 N–H and O–H groups in total. The monoisotopic (exact) mass is 171 g/mol. The van der Waals surface area contributed by atoms with E-state index in [1.165, 1.54) is 12.8 Å². The molecule has 0 radical (unpaired) electrons. The van der Waals surface area contributed by atoms with Crippen LogP contribution in [0.5, 0.6) is 0 Å². The van der Waals surface area contributed by atoms with Crippen molar-refractivity contribution in [2.75, 3.05) is 6.54 Å². The Morgan fingerprint density at radius 3 is 2.75 bits per heavy atom. The lowest BCUT2D eigenvalue weighted by Gasteiger charge is -2.18. The summed E-state index contributed by atoms with van der Waals surface area (Å²) >= 11 is 0. The van der Waals surface area contributed by atoms with Gasteiger partial charge in [-0.15, -0.1) is 0 Å². The Bertz CT molecular complexity index is 127. The van der Waals surface area contributed by atoms with E-state index >= 15 is 0 Å². The van der Waals surface area contributed by atoms with Gasteiger partial charge in [-0.05, 0) is 31.7 Å². The summed E-state index contributed by atoms with van der Waals surface area (Å²) in [6.07, 6.45) is 4.44. The molecule has 1 saturated carbocycles. The molecule has 1 unspecified atom stereocenters. The van der Waals surface area contributed by atoms with Crippen molar-refractivity contribution in [1.82, 2.24) is 5.32 Å². The lowest BCUT2D eigenvalue weighted by Crippen LogP contribution is -2.37. The van der Waals surface area contributed by atoms with Crippen LogP contribution in [-0.2, 0) is 0 Å². The van der Waals surface area contributed by atoms with Crippen molar-refractivity contribution < 1.29 is 5.11 Å². The SMILES string of the molecule is CCC(C)CN[C@@H]1CCC[C@H]1O. The van der Waals surface area contributed by atoms with Crippen molar-refractivity contribution in [1.29, 1.82) is 0 Å². The average molecular weight is 171 g/mol. The molecule has 2 nitrogen and oxygen atoms in total. The molecule has 1 aliphatic rings. The molecule has 0 aliphatic heterocycles. The second-order valence-electron chi connectivity index (χ2n) is 4.03. The number of aliphatic hydroxyl groups excluding tert-OH is 1. The Morgan fingerprint density at radius 2 is 2.25 bits per heavy atom. The lowest BCUT2D eigenvalue weighted by molar-refractivity contribution is 0.147. The van der Waals surface area contributed by atoms with Crippen molar-refractivity contribution >= 4 is 0 Å². The molecule has 0 heterocycles. The third kappa shape index (κ3) is 2.76. The summed E-state index contributed by atoms with van der Waals surface area (Å²) < 4.78 is 0. The quantitative estimate of drug-likeness (QED) is 0.672. The van der Waals surface area contributed by atoms with Crippen LogP contribution in [0.1, 0.15) is 39.5 Å². The molecule has 1 aliphatic carbocycles. The second kappa shape index (κ2) is 4.83. The van der Waals surface area contributed by atoms with Gasteiger partial charge >= 0.3 is 0 Å². The summed E-state index contributed by atoms with van der Waals surface area (Å²) in [6, 6.07) is 0.374. The second-order valence-corrected chi connectivity index (χ2v) is 4.03. The van der Waals surface area contributed by atoms with E-state index < -0.39 is 0 Å².